The lowest BCUT2D eigenvalue weighted by molar-refractivity contribution is -0.125. The van der Waals surface area contributed by atoms with Crippen molar-refractivity contribution in [1.29, 1.82) is 0 Å². The van der Waals surface area contributed by atoms with Crippen LogP contribution in [0.3, 0.4) is 0 Å². The number of rotatable bonds is 3. The second-order valence-corrected chi connectivity index (χ2v) is 5.83. The summed E-state index contributed by atoms with van der Waals surface area (Å²) in [6, 6.07) is -0.390. The minimum absolute atomic E-state index is 0.0992. The molecule has 1 aliphatic carbocycles. The maximum absolute atomic E-state index is 11.9. The summed E-state index contributed by atoms with van der Waals surface area (Å²) < 4.78 is 0. The maximum atomic E-state index is 11.9. The average Bonchev–Trinajstić information content (AvgIpc) is 2.62. The van der Waals surface area contributed by atoms with Crippen LogP contribution in [0, 0.1) is 11.3 Å². The van der Waals surface area contributed by atoms with E-state index < -0.39 is 6.04 Å². The standard InChI is InChI=1S/C12H24N2O2/c1-12(2,3)10(13)11(16)14-9-6-4-5-8(9)7-15/h8-10,15H,4-7,13H2,1-3H3,(H,14,16). The monoisotopic (exact) mass is 228 g/mol. The zero-order valence-electron chi connectivity index (χ0n) is 10.5. The Balaban J connectivity index is 2.51. The van der Waals surface area contributed by atoms with Gasteiger partial charge in [-0.2, -0.15) is 0 Å². The third-order valence-corrected chi connectivity index (χ3v) is 3.44. The number of amides is 1. The molecule has 0 aliphatic heterocycles. The largest absolute Gasteiger partial charge is 0.396 e. The van der Waals surface area contributed by atoms with Gasteiger partial charge >= 0.3 is 0 Å². The Morgan fingerprint density at radius 2 is 2.12 bits per heavy atom. The Hall–Kier alpha value is -0.610. The molecule has 0 aromatic carbocycles. The lowest BCUT2D eigenvalue weighted by Crippen LogP contribution is -2.52. The summed E-state index contributed by atoms with van der Waals surface area (Å²) in [5.41, 5.74) is 5.66. The number of hydrogen-bond donors (Lipinski definition) is 3. The summed E-state index contributed by atoms with van der Waals surface area (Å²) >= 11 is 0. The molecule has 4 heteroatoms. The van der Waals surface area contributed by atoms with Gasteiger partial charge in [0.25, 0.3) is 0 Å². The SMILES string of the molecule is CC(C)(C)C(N)C(=O)NC1CCCC1CO. The lowest BCUT2D eigenvalue weighted by Gasteiger charge is -2.28. The molecule has 0 bridgehead atoms. The van der Waals surface area contributed by atoms with Gasteiger partial charge in [-0.15, -0.1) is 0 Å². The van der Waals surface area contributed by atoms with E-state index in [9.17, 15) is 4.79 Å². The fourth-order valence-electron chi connectivity index (χ4n) is 2.11. The molecule has 94 valence electrons. The number of carbonyl (C=O) groups is 1. The summed E-state index contributed by atoms with van der Waals surface area (Å²) in [6.07, 6.45) is 3.01. The van der Waals surface area contributed by atoms with Gasteiger partial charge in [-0.05, 0) is 18.3 Å². The van der Waals surface area contributed by atoms with Gasteiger partial charge in [0, 0.05) is 18.6 Å². The first-order valence-electron chi connectivity index (χ1n) is 6.03. The van der Waals surface area contributed by atoms with Crippen LogP contribution in [0.1, 0.15) is 40.0 Å². The van der Waals surface area contributed by atoms with Crippen LogP contribution >= 0.6 is 0 Å². The smallest absolute Gasteiger partial charge is 0.237 e. The number of nitrogens with one attached hydrogen (secondary N) is 1. The molecule has 3 atom stereocenters. The van der Waals surface area contributed by atoms with E-state index in [4.69, 9.17) is 10.8 Å². The topological polar surface area (TPSA) is 75.4 Å². The van der Waals surface area contributed by atoms with Gasteiger partial charge in [0.15, 0.2) is 0 Å². The van der Waals surface area contributed by atoms with Crippen LogP contribution in [0.25, 0.3) is 0 Å². The number of hydrogen-bond acceptors (Lipinski definition) is 3. The van der Waals surface area contributed by atoms with Gasteiger partial charge in [0.05, 0.1) is 6.04 Å². The summed E-state index contributed by atoms with van der Waals surface area (Å²) in [5, 5.41) is 12.1. The molecule has 1 rings (SSSR count). The van der Waals surface area contributed by atoms with E-state index in [1.54, 1.807) is 0 Å². The minimum Gasteiger partial charge on any atom is -0.396 e. The van der Waals surface area contributed by atoms with Crippen LogP contribution < -0.4 is 11.1 Å². The highest BCUT2D eigenvalue weighted by atomic mass is 16.3. The molecular weight excluding hydrogens is 204 g/mol. The Labute approximate surface area is 97.6 Å². The zero-order chi connectivity index (χ0) is 12.3. The van der Waals surface area contributed by atoms with Crippen LogP contribution in [0.5, 0.6) is 0 Å². The number of carbonyl (C=O) groups excluding carboxylic acids is 1. The molecular formula is C12H24N2O2. The van der Waals surface area contributed by atoms with Crippen molar-refractivity contribution >= 4 is 5.91 Å². The molecule has 0 spiro atoms. The van der Waals surface area contributed by atoms with E-state index in [2.05, 4.69) is 5.32 Å². The van der Waals surface area contributed by atoms with Crippen LogP contribution in [-0.2, 0) is 4.79 Å². The summed E-state index contributed by atoms with van der Waals surface area (Å²) in [7, 11) is 0. The van der Waals surface area contributed by atoms with Crippen molar-refractivity contribution in [2.24, 2.45) is 17.1 Å². The van der Waals surface area contributed by atoms with Crippen molar-refractivity contribution in [3.8, 4) is 0 Å². The van der Waals surface area contributed by atoms with E-state index in [0.29, 0.717) is 0 Å². The predicted molar refractivity (Wildman–Crippen MR) is 63.8 cm³/mol. The third-order valence-electron chi connectivity index (χ3n) is 3.44. The van der Waals surface area contributed by atoms with Crippen molar-refractivity contribution in [1.82, 2.24) is 5.32 Å². The van der Waals surface area contributed by atoms with Gasteiger partial charge in [0.2, 0.25) is 5.91 Å². The zero-order valence-corrected chi connectivity index (χ0v) is 10.5. The van der Waals surface area contributed by atoms with Crippen molar-refractivity contribution < 1.29 is 9.90 Å². The van der Waals surface area contributed by atoms with E-state index >= 15 is 0 Å². The Morgan fingerprint density at radius 1 is 1.50 bits per heavy atom. The number of aliphatic hydroxyl groups excluding tert-OH is 1. The molecule has 1 saturated carbocycles. The predicted octanol–water partition coefficient (Wildman–Crippen LogP) is 0.637. The van der Waals surface area contributed by atoms with E-state index in [1.807, 2.05) is 20.8 Å². The van der Waals surface area contributed by atoms with E-state index in [0.717, 1.165) is 19.3 Å². The van der Waals surface area contributed by atoms with Gasteiger partial charge < -0.3 is 16.2 Å². The van der Waals surface area contributed by atoms with Crippen LogP contribution in [0.15, 0.2) is 0 Å². The molecule has 0 heterocycles. The van der Waals surface area contributed by atoms with Crippen molar-refractivity contribution in [3.63, 3.8) is 0 Å². The molecule has 4 N–H and O–H groups in total. The average molecular weight is 228 g/mol. The van der Waals surface area contributed by atoms with E-state index in [1.165, 1.54) is 0 Å². The summed E-state index contributed by atoms with van der Waals surface area (Å²) in [5.74, 6) is 0.106. The molecule has 3 unspecified atom stereocenters. The highest BCUT2D eigenvalue weighted by Gasteiger charge is 2.32. The molecule has 0 aromatic rings. The first-order valence-corrected chi connectivity index (χ1v) is 6.03. The van der Waals surface area contributed by atoms with Gasteiger partial charge in [-0.3, -0.25) is 4.79 Å². The first-order chi connectivity index (χ1) is 7.36. The molecule has 16 heavy (non-hydrogen) atoms. The summed E-state index contributed by atoms with van der Waals surface area (Å²) in [4.78, 5) is 11.9. The van der Waals surface area contributed by atoms with Crippen LogP contribution in [0.2, 0.25) is 0 Å². The molecule has 0 saturated heterocycles. The highest BCUT2D eigenvalue weighted by Crippen LogP contribution is 2.26. The van der Waals surface area contributed by atoms with E-state index in [-0.39, 0.29) is 29.9 Å². The minimum atomic E-state index is -0.493. The quantitative estimate of drug-likeness (QED) is 0.663. The van der Waals surface area contributed by atoms with Gasteiger partial charge in [-0.25, -0.2) is 0 Å². The summed E-state index contributed by atoms with van der Waals surface area (Å²) in [6.45, 7) is 6.01. The van der Waals surface area contributed by atoms with Crippen LogP contribution in [-0.4, -0.2) is 29.7 Å². The third kappa shape index (κ3) is 3.19. The highest BCUT2D eigenvalue weighted by molar-refractivity contribution is 5.82. The van der Waals surface area contributed by atoms with Gasteiger partial charge in [0.1, 0.15) is 0 Å². The lowest BCUT2D eigenvalue weighted by atomic mass is 9.86. The number of aliphatic hydroxyl groups is 1. The molecule has 1 aliphatic rings. The Morgan fingerprint density at radius 3 is 2.62 bits per heavy atom. The van der Waals surface area contributed by atoms with Crippen molar-refractivity contribution in [3.05, 3.63) is 0 Å². The molecule has 1 fully saturated rings. The fraction of sp³-hybridized carbons (Fsp3) is 0.917. The molecule has 1 amide bonds. The second-order valence-electron chi connectivity index (χ2n) is 5.83. The van der Waals surface area contributed by atoms with Crippen molar-refractivity contribution in [2.75, 3.05) is 6.61 Å². The Bertz CT molecular complexity index is 248. The Kier molecular flexibility index (Phi) is 4.33. The first kappa shape index (κ1) is 13.5. The van der Waals surface area contributed by atoms with Crippen molar-refractivity contribution in [2.45, 2.75) is 52.1 Å². The molecule has 4 nitrogen and oxygen atoms in total. The van der Waals surface area contributed by atoms with Crippen LogP contribution in [0.4, 0.5) is 0 Å². The number of nitrogens with two attached hydrogens (primary N) is 1. The normalized spacial score (nSPS) is 27.8. The molecule has 0 aromatic heterocycles. The molecule has 0 radical (unpaired) electrons. The van der Waals surface area contributed by atoms with Gasteiger partial charge in [-0.1, -0.05) is 27.2 Å². The maximum Gasteiger partial charge on any atom is 0.237 e. The second kappa shape index (κ2) is 5.15. The fourth-order valence-corrected chi connectivity index (χ4v) is 2.11.